The van der Waals surface area contributed by atoms with Gasteiger partial charge in [-0.1, -0.05) is 0 Å². The van der Waals surface area contributed by atoms with Gasteiger partial charge in [0.1, 0.15) is 6.42 Å². The van der Waals surface area contributed by atoms with Crippen LogP contribution in [0, 0.1) is 22.7 Å². The van der Waals surface area contributed by atoms with E-state index in [1.54, 1.807) is 12.1 Å². The van der Waals surface area contributed by atoms with Crippen LogP contribution in [0.5, 0.6) is 0 Å². The maximum absolute atomic E-state index is 7.59. The van der Waals surface area contributed by atoms with Gasteiger partial charge in [-0.2, -0.15) is 10.5 Å². The van der Waals surface area contributed by atoms with Crippen molar-refractivity contribution in [2.75, 3.05) is 0 Å². The van der Waals surface area contributed by atoms with Crippen molar-refractivity contribution in [3.05, 3.63) is 0 Å². The second-order valence-electron chi connectivity index (χ2n) is 0.493. The summed E-state index contributed by atoms with van der Waals surface area (Å²) >= 11 is 0. The summed E-state index contributed by atoms with van der Waals surface area (Å²) in [5.41, 5.74) is 0. The Morgan fingerprint density at radius 2 is 1.50 bits per heavy atom. The third kappa shape index (κ3) is 9.02. The SMILES string of the molecule is N#CCC#N.[NaH]. The van der Waals surface area contributed by atoms with Crippen molar-refractivity contribution in [2.45, 2.75) is 6.42 Å². The molecule has 0 rings (SSSR count). The second kappa shape index (κ2) is 8.88. The standard InChI is InChI=1S/C3H2N2.Na.H/c4-2-1-3-5;;/h1H2;;. The van der Waals surface area contributed by atoms with Gasteiger partial charge >= 0.3 is 29.6 Å². The Bertz CT molecular complexity index is 73.9. The number of nitriles is 2. The first-order chi connectivity index (χ1) is 2.41. The Labute approximate surface area is 58.7 Å². The van der Waals surface area contributed by atoms with Gasteiger partial charge in [0.25, 0.3) is 0 Å². The number of hydrogen-bond donors (Lipinski definition) is 0. The van der Waals surface area contributed by atoms with Crippen LogP contribution in [0.1, 0.15) is 6.42 Å². The topological polar surface area (TPSA) is 47.6 Å². The minimum absolute atomic E-state index is 0. The molecule has 0 heterocycles. The Morgan fingerprint density at radius 3 is 1.50 bits per heavy atom. The maximum atomic E-state index is 7.59. The van der Waals surface area contributed by atoms with Crippen LogP contribution in [0.3, 0.4) is 0 Å². The first-order valence-corrected chi connectivity index (χ1v) is 1.15. The zero-order valence-corrected chi connectivity index (χ0v) is 2.60. The van der Waals surface area contributed by atoms with E-state index in [0.29, 0.717) is 0 Å². The van der Waals surface area contributed by atoms with Crippen molar-refractivity contribution in [1.82, 2.24) is 0 Å². The molecule has 0 N–H and O–H groups in total. The third-order valence-corrected chi connectivity index (χ3v) is 0.158. The van der Waals surface area contributed by atoms with Crippen LogP contribution in [0.2, 0.25) is 0 Å². The minimum atomic E-state index is 0. The van der Waals surface area contributed by atoms with Crippen LogP contribution in [-0.2, 0) is 0 Å². The zero-order valence-electron chi connectivity index (χ0n) is 2.60. The van der Waals surface area contributed by atoms with Crippen LogP contribution in [0.15, 0.2) is 0 Å². The molecule has 0 saturated heterocycles. The van der Waals surface area contributed by atoms with Gasteiger partial charge in [0, 0.05) is 0 Å². The summed E-state index contributed by atoms with van der Waals surface area (Å²) in [5.74, 6) is 0. The van der Waals surface area contributed by atoms with Crippen LogP contribution in [0.25, 0.3) is 0 Å². The summed E-state index contributed by atoms with van der Waals surface area (Å²) in [6, 6.07) is 3.31. The fraction of sp³-hybridized carbons (Fsp3) is 0.333. The Morgan fingerprint density at radius 1 is 1.17 bits per heavy atom. The summed E-state index contributed by atoms with van der Waals surface area (Å²) in [4.78, 5) is 0. The van der Waals surface area contributed by atoms with Crippen LogP contribution in [0.4, 0.5) is 0 Å². The van der Waals surface area contributed by atoms with Crippen LogP contribution in [-0.4, -0.2) is 29.6 Å². The van der Waals surface area contributed by atoms with Gasteiger partial charge in [0.15, 0.2) is 0 Å². The molecule has 3 heteroatoms. The Hall–Kier alpha value is -0.0200. The normalized spacial score (nSPS) is 3.67. The molecule has 0 aromatic rings. The summed E-state index contributed by atoms with van der Waals surface area (Å²) in [7, 11) is 0. The molecule has 0 unspecified atom stereocenters. The monoisotopic (exact) mass is 90.0 g/mol. The van der Waals surface area contributed by atoms with Crippen LogP contribution >= 0.6 is 0 Å². The van der Waals surface area contributed by atoms with Gasteiger partial charge in [0.05, 0.1) is 12.1 Å². The van der Waals surface area contributed by atoms with Crippen molar-refractivity contribution in [1.29, 1.82) is 10.5 Å². The van der Waals surface area contributed by atoms with E-state index in [9.17, 15) is 0 Å². The fourth-order valence-electron chi connectivity index (χ4n) is 0.0354. The van der Waals surface area contributed by atoms with E-state index in [-0.39, 0.29) is 36.0 Å². The van der Waals surface area contributed by atoms with Gasteiger partial charge < -0.3 is 0 Å². The molecule has 0 atom stereocenters. The molecule has 0 saturated carbocycles. The molecule has 0 bridgehead atoms. The summed E-state index contributed by atoms with van der Waals surface area (Å²) < 4.78 is 0. The molecular formula is C3H3N2Na. The summed E-state index contributed by atoms with van der Waals surface area (Å²) in [6.07, 6.45) is 0. The first-order valence-electron chi connectivity index (χ1n) is 1.15. The summed E-state index contributed by atoms with van der Waals surface area (Å²) in [6.45, 7) is 0. The van der Waals surface area contributed by atoms with Crippen molar-refractivity contribution in [3.8, 4) is 12.1 Å². The number of nitrogens with zero attached hydrogens (tertiary/aromatic N) is 2. The van der Waals surface area contributed by atoms with E-state index >= 15 is 0 Å². The van der Waals surface area contributed by atoms with E-state index in [2.05, 4.69) is 0 Å². The van der Waals surface area contributed by atoms with Crippen molar-refractivity contribution in [2.24, 2.45) is 0 Å². The first kappa shape index (κ1) is 9.36. The number of hydrogen-bond acceptors (Lipinski definition) is 2. The van der Waals surface area contributed by atoms with Crippen LogP contribution < -0.4 is 0 Å². The second-order valence-corrected chi connectivity index (χ2v) is 0.493. The predicted octanol–water partition coefficient (Wildman–Crippen LogP) is -0.225. The van der Waals surface area contributed by atoms with Gasteiger partial charge in [0.2, 0.25) is 0 Å². The van der Waals surface area contributed by atoms with Crippen molar-refractivity contribution in [3.63, 3.8) is 0 Å². The molecule has 0 aliphatic carbocycles. The molecule has 0 fully saturated rings. The quantitative estimate of drug-likeness (QED) is 0.386. The third-order valence-electron chi connectivity index (χ3n) is 0.158. The Balaban J connectivity index is 0. The molecule has 26 valence electrons. The van der Waals surface area contributed by atoms with Gasteiger partial charge in [-0.25, -0.2) is 0 Å². The molecule has 0 spiro atoms. The molecule has 0 aromatic heterocycles. The predicted molar refractivity (Wildman–Crippen MR) is 23.0 cm³/mol. The molecule has 6 heavy (non-hydrogen) atoms. The molecule has 2 nitrogen and oxygen atoms in total. The van der Waals surface area contributed by atoms with E-state index in [4.69, 9.17) is 10.5 Å². The zero-order chi connectivity index (χ0) is 4.12. The molecule has 0 amide bonds. The molecule has 0 radical (unpaired) electrons. The Kier molecular flexibility index (Phi) is 13.9. The molecule has 0 aliphatic heterocycles. The van der Waals surface area contributed by atoms with Crippen molar-refractivity contribution < 1.29 is 0 Å². The van der Waals surface area contributed by atoms with Gasteiger partial charge in [-0.3, -0.25) is 0 Å². The molecular weight excluding hydrogens is 87.0 g/mol. The number of rotatable bonds is 0. The van der Waals surface area contributed by atoms with E-state index in [0.717, 1.165) is 0 Å². The van der Waals surface area contributed by atoms with Gasteiger partial charge in [-0.05, 0) is 0 Å². The van der Waals surface area contributed by atoms with E-state index in [1.807, 2.05) is 0 Å². The van der Waals surface area contributed by atoms with E-state index in [1.165, 1.54) is 0 Å². The average molecular weight is 90.1 g/mol. The molecule has 0 aromatic carbocycles. The van der Waals surface area contributed by atoms with Gasteiger partial charge in [-0.15, -0.1) is 0 Å². The fourth-order valence-corrected chi connectivity index (χ4v) is 0.0354. The average Bonchev–Trinajstić information content (AvgIpc) is 1.41. The molecule has 0 aliphatic rings. The summed E-state index contributed by atoms with van der Waals surface area (Å²) in [5, 5.41) is 15.2. The van der Waals surface area contributed by atoms with E-state index < -0.39 is 0 Å². The van der Waals surface area contributed by atoms with Crippen molar-refractivity contribution >= 4 is 29.6 Å².